The van der Waals surface area contributed by atoms with Crippen LogP contribution in [0.3, 0.4) is 0 Å². The smallest absolute Gasteiger partial charge is 0.258 e. The number of hydrogen-bond acceptors (Lipinski definition) is 7. The van der Waals surface area contributed by atoms with Crippen molar-refractivity contribution < 1.29 is 14.0 Å². The van der Waals surface area contributed by atoms with Crippen molar-refractivity contribution in [3.63, 3.8) is 0 Å². The molecule has 0 spiro atoms. The Morgan fingerprint density at radius 2 is 2.00 bits per heavy atom. The first-order chi connectivity index (χ1) is 12.4. The molecule has 1 aromatic carbocycles. The molecular formula is C18H18N4O3. The number of benzene rings is 1. The highest BCUT2D eigenvalue weighted by Gasteiger charge is 2.17. The summed E-state index contributed by atoms with van der Waals surface area (Å²) in [7, 11) is 0. The summed E-state index contributed by atoms with van der Waals surface area (Å²) in [6, 6.07) is 7.89. The Morgan fingerprint density at radius 3 is 2.84 bits per heavy atom. The van der Waals surface area contributed by atoms with E-state index in [2.05, 4.69) is 20.1 Å². The number of ether oxygens (including phenoxy) is 2. The zero-order valence-electron chi connectivity index (χ0n) is 13.7. The fourth-order valence-corrected chi connectivity index (χ4v) is 2.76. The predicted octanol–water partition coefficient (Wildman–Crippen LogP) is 2.89. The summed E-state index contributed by atoms with van der Waals surface area (Å²) in [5.74, 6) is 0.870. The summed E-state index contributed by atoms with van der Waals surface area (Å²) in [4.78, 5) is 12.7. The Labute approximate surface area is 145 Å². The van der Waals surface area contributed by atoms with Gasteiger partial charge in [0.1, 0.15) is 5.69 Å². The topological polar surface area (TPSA) is 83.2 Å². The first-order valence-corrected chi connectivity index (χ1v) is 8.28. The fourth-order valence-electron chi connectivity index (χ4n) is 2.76. The first-order valence-electron chi connectivity index (χ1n) is 8.28. The van der Waals surface area contributed by atoms with Crippen molar-refractivity contribution in [3.8, 4) is 23.0 Å². The van der Waals surface area contributed by atoms with Crippen LogP contribution in [0.2, 0.25) is 0 Å². The van der Waals surface area contributed by atoms with Crippen LogP contribution in [0.25, 0.3) is 23.0 Å². The van der Waals surface area contributed by atoms with E-state index in [0.717, 1.165) is 37.2 Å². The van der Waals surface area contributed by atoms with Gasteiger partial charge in [-0.05, 0) is 24.5 Å². The molecule has 0 saturated carbocycles. The SMILES string of the molecule is c1ccc(-c2nc(-c3cnccn3)no2)c(COC2CCOCC2)c1. The van der Waals surface area contributed by atoms with E-state index in [9.17, 15) is 0 Å². The van der Waals surface area contributed by atoms with Crippen molar-refractivity contribution in [1.29, 1.82) is 0 Å². The molecule has 1 saturated heterocycles. The zero-order valence-corrected chi connectivity index (χ0v) is 13.7. The first kappa shape index (κ1) is 15.9. The standard InChI is InChI=1S/C18H18N4O3/c1-2-4-15(13(3-1)12-24-14-5-9-23-10-6-14)18-21-17(22-25-18)16-11-19-7-8-20-16/h1-4,7-8,11,14H,5-6,9-10,12H2. The fraction of sp³-hybridized carbons (Fsp3) is 0.333. The van der Waals surface area contributed by atoms with Gasteiger partial charge in [-0.15, -0.1) is 0 Å². The molecule has 128 valence electrons. The second-order valence-electron chi connectivity index (χ2n) is 5.79. The van der Waals surface area contributed by atoms with Crippen LogP contribution in [0.5, 0.6) is 0 Å². The molecule has 3 heterocycles. The van der Waals surface area contributed by atoms with Gasteiger partial charge >= 0.3 is 0 Å². The molecule has 0 atom stereocenters. The van der Waals surface area contributed by atoms with E-state index < -0.39 is 0 Å². The monoisotopic (exact) mass is 338 g/mol. The van der Waals surface area contributed by atoms with E-state index in [0.29, 0.717) is 24.0 Å². The maximum Gasteiger partial charge on any atom is 0.258 e. The average Bonchev–Trinajstić information content (AvgIpc) is 3.18. The largest absolute Gasteiger partial charge is 0.381 e. The highest BCUT2D eigenvalue weighted by Crippen LogP contribution is 2.25. The van der Waals surface area contributed by atoms with Gasteiger partial charge in [-0.2, -0.15) is 4.98 Å². The Balaban J connectivity index is 1.53. The van der Waals surface area contributed by atoms with Crippen molar-refractivity contribution in [1.82, 2.24) is 20.1 Å². The van der Waals surface area contributed by atoms with Gasteiger partial charge in [-0.1, -0.05) is 23.4 Å². The minimum Gasteiger partial charge on any atom is -0.381 e. The van der Waals surface area contributed by atoms with Crippen molar-refractivity contribution in [3.05, 3.63) is 48.4 Å². The molecule has 0 radical (unpaired) electrons. The molecule has 1 fully saturated rings. The van der Waals surface area contributed by atoms with Crippen LogP contribution in [-0.2, 0) is 16.1 Å². The van der Waals surface area contributed by atoms with Crippen LogP contribution in [0.4, 0.5) is 0 Å². The summed E-state index contributed by atoms with van der Waals surface area (Å²) in [5.41, 5.74) is 2.47. The van der Waals surface area contributed by atoms with Gasteiger partial charge in [0.25, 0.3) is 5.89 Å². The van der Waals surface area contributed by atoms with Crippen molar-refractivity contribution in [2.24, 2.45) is 0 Å². The van der Waals surface area contributed by atoms with Gasteiger partial charge in [0.2, 0.25) is 5.82 Å². The van der Waals surface area contributed by atoms with E-state index in [4.69, 9.17) is 14.0 Å². The lowest BCUT2D eigenvalue weighted by Crippen LogP contribution is -2.23. The molecule has 3 aromatic rings. The lowest BCUT2D eigenvalue weighted by atomic mass is 10.1. The maximum atomic E-state index is 6.03. The summed E-state index contributed by atoms with van der Waals surface area (Å²) < 4.78 is 16.8. The van der Waals surface area contributed by atoms with Crippen LogP contribution >= 0.6 is 0 Å². The maximum absolute atomic E-state index is 6.03. The number of rotatable bonds is 5. The Morgan fingerprint density at radius 1 is 1.12 bits per heavy atom. The van der Waals surface area contributed by atoms with Gasteiger partial charge < -0.3 is 14.0 Å². The molecule has 4 rings (SSSR count). The molecule has 0 aliphatic carbocycles. The highest BCUT2D eigenvalue weighted by molar-refractivity contribution is 5.60. The van der Waals surface area contributed by atoms with Crippen LogP contribution < -0.4 is 0 Å². The third-order valence-electron chi connectivity index (χ3n) is 4.11. The van der Waals surface area contributed by atoms with Crippen molar-refractivity contribution >= 4 is 0 Å². The number of hydrogen-bond donors (Lipinski definition) is 0. The molecule has 25 heavy (non-hydrogen) atoms. The quantitative estimate of drug-likeness (QED) is 0.707. The Hall–Kier alpha value is -2.64. The van der Waals surface area contributed by atoms with Gasteiger partial charge in [0, 0.05) is 31.2 Å². The van der Waals surface area contributed by atoms with Crippen LogP contribution in [0.1, 0.15) is 18.4 Å². The Bertz CT molecular complexity index is 816. The number of aromatic nitrogens is 4. The lowest BCUT2D eigenvalue weighted by Gasteiger charge is -2.22. The molecule has 0 N–H and O–H groups in total. The summed E-state index contributed by atoms with van der Waals surface area (Å²) in [6.45, 7) is 2.03. The van der Waals surface area contributed by atoms with Gasteiger partial charge in [0.15, 0.2) is 0 Å². The minimum atomic E-state index is 0.236. The minimum absolute atomic E-state index is 0.236. The van der Waals surface area contributed by atoms with Crippen LogP contribution in [0, 0.1) is 0 Å². The normalized spacial score (nSPS) is 15.4. The van der Waals surface area contributed by atoms with E-state index in [1.165, 1.54) is 0 Å². The summed E-state index contributed by atoms with van der Waals surface area (Å²) >= 11 is 0. The summed E-state index contributed by atoms with van der Waals surface area (Å²) in [6.07, 6.45) is 6.90. The van der Waals surface area contributed by atoms with Gasteiger partial charge in [0.05, 0.1) is 18.9 Å². The molecule has 1 aliphatic heterocycles. The highest BCUT2D eigenvalue weighted by atomic mass is 16.5. The second-order valence-corrected chi connectivity index (χ2v) is 5.79. The average molecular weight is 338 g/mol. The molecule has 7 heteroatoms. The van der Waals surface area contributed by atoms with Gasteiger partial charge in [-0.3, -0.25) is 4.98 Å². The predicted molar refractivity (Wildman–Crippen MR) is 89.4 cm³/mol. The molecular weight excluding hydrogens is 320 g/mol. The van der Waals surface area contributed by atoms with E-state index in [1.807, 2.05) is 24.3 Å². The molecule has 0 bridgehead atoms. The second kappa shape index (κ2) is 7.50. The molecule has 7 nitrogen and oxygen atoms in total. The van der Waals surface area contributed by atoms with Crippen LogP contribution in [0.15, 0.2) is 47.4 Å². The third kappa shape index (κ3) is 3.72. The van der Waals surface area contributed by atoms with E-state index in [-0.39, 0.29) is 6.10 Å². The third-order valence-corrected chi connectivity index (χ3v) is 4.11. The van der Waals surface area contributed by atoms with E-state index in [1.54, 1.807) is 18.6 Å². The van der Waals surface area contributed by atoms with Gasteiger partial charge in [-0.25, -0.2) is 4.98 Å². The molecule has 0 unspecified atom stereocenters. The zero-order chi connectivity index (χ0) is 16.9. The van der Waals surface area contributed by atoms with Crippen molar-refractivity contribution in [2.45, 2.75) is 25.6 Å². The van der Waals surface area contributed by atoms with Crippen molar-refractivity contribution in [2.75, 3.05) is 13.2 Å². The molecule has 0 amide bonds. The van der Waals surface area contributed by atoms with E-state index >= 15 is 0 Å². The lowest BCUT2D eigenvalue weighted by molar-refractivity contribution is -0.0389. The van der Waals surface area contributed by atoms with Crippen LogP contribution in [-0.4, -0.2) is 39.4 Å². The number of nitrogens with zero attached hydrogens (tertiary/aromatic N) is 4. The summed E-state index contributed by atoms with van der Waals surface area (Å²) in [5, 5.41) is 4.01. The molecule has 1 aliphatic rings. The molecule has 2 aromatic heterocycles. The Kier molecular flexibility index (Phi) is 4.76.